The number of nitrogens with zero attached hydrogens (tertiary/aromatic N) is 1. The first-order valence-electron chi connectivity index (χ1n) is 6.62. The van der Waals surface area contributed by atoms with Crippen molar-refractivity contribution in [1.29, 1.82) is 0 Å². The second-order valence-electron chi connectivity index (χ2n) is 4.62. The van der Waals surface area contributed by atoms with Crippen LogP contribution in [0.3, 0.4) is 0 Å². The van der Waals surface area contributed by atoms with E-state index in [0.717, 1.165) is 11.3 Å². The van der Waals surface area contributed by atoms with Crippen molar-refractivity contribution in [3.63, 3.8) is 0 Å². The fourth-order valence-corrected chi connectivity index (χ4v) is 2.14. The Bertz CT molecular complexity index is 970. The minimum absolute atomic E-state index is 0.196. The van der Waals surface area contributed by atoms with Gasteiger partial charge in [-0.15, -0.1) is 0 Å². The summed E-state index contributed by atoms with van der Waals surface area (Å²) in [5.74, 6) is 0.752. The number of H-pyrrole nitrogens is 2. The monoisotopic (exact) mass is 295 g/mol. The SMILES string of the molecule is COc1ccccc1/C=C/c1ccc2[nH]c(=O)[nH]c(=O)c2n1. The zero-order chi connectivity index (χ0) is 15.5. The van der Waals surface area contributed by atoms with Crippen LogP contribution in [0.5, 0.6) is 5.75 Å². The van der Waals surface area contributed by atoms with Crippen molar-refractivity contribution in [3.8, 4) is 5.75 Å². The summed E-state index contributed by atoms with van der Waals surface area (Å²) >= 11 is 0. The standard InChI is InChI=1S/C16H13N3O3/c1-22-13-5-3-2-4-10(13)6-7-11-8-9-12-14(17-11)15(20)19-16(21)18-12/h2-9H,1H3,(H2,18,19,20,21)/b7-6+. The molecule has 6 heteroatoms. The highest BCUT2D eigenvalue weighted by atomic mass is 16.5. The van der Waals surface area contributed by atoms with E-state index < -0.39 is 11.2 Å². The number of hydrogen-bond acceptors (Lipinski definition) is 4. The van der Waals surface area contributed by atoms with Crippen molar-refractivity contribution in [3.05, 3.63) is 68.5 Å². The van der Waals surface area contributed by atoms with Crippen molar-refractivity contribution < 1.29 is 4.74 Å². The molecule has 0 bridgehead atoms. The van der Waals surface area contributed by atoms with E-state index in [9.17, 15) is 9.59 Å². The highest BCUT2D eigenvalue weighted by Crippen LogP contribution is 2.19. The number of nitrogens with one attached hydrogen (secondary N) is 2. The molecule has 0 aliphatic heterocycles. The molecule has 22 heavy (non-hydrogen) atoms. The molecule has 0 atom stereocenters. The molecule has 0 saturated heterocycles. The number of pyridine rings is 1. The highest BCUT2D eigenvalue weighted by molar-refractivity contribution is 5.77. The first-order valence-corrected chi connectivity index (χ1v) is 6.62. The van der Waals surface area contributed by atoms with Gasteiger partial charge in [-0.05, 0) is 30.4 Å². The third kappa shape index (κ3) is 2.67. The number of methoxy groups -OCH3 is 1. The van der Waals surface area contributed by atoms with Crippen LogP contribution < -0.4 is 16.0 Å². The van der Waals surface area contributed by atoms with E-state index in [-0.39, 0.29) is 5.52 Å². The predicted molar refractivity (Wildman–Crippen MR) is 84.9 cm³/mol. The number of hydrogen-bond donors (Lipinski definition) is 2. The van der Waals surface area contributed by atoms with E-state index in [1.807, 2.05) is 30.3 Å². The van der Waals surface area contributed by atoms with E-state index in [0.29, 0.717) is 11.2 Å². The van der Waals surface area contributed by atoms with Crippen molar-refractivity contribution in [2.24, 2.45) is 0 Å². The molecule has 2 heterocycles. The molecule has 0 aliphatic rings. The maximum absolute atomic E-state index is 11.7. The minimum Gasteiger partial charge on any atom is -0.496 e. The third-order valence-electron chi connectivity index (χ3n) is 3.18. The molecule has 0 amide bonds. The van der Waals surface area contributed by atoms with Crippen LogP contribution >= 0.6 is 0 Å². The number of ether oxygens (including phenoxy) is 1. The largest absolute Gasteiger partial charge is 0.496 e. The predicted octanol–water partition coefficient (Wildman–Crippen LogP) is 1.79. The number of aromatic nitrogens is 3. The molecule has 110 valence electrons. The lowest BCUT2D eigenvalue weighted by Gasteiger charge is -2.03. The van der Waals surface area contributed by atoms with Gasteiger partial charge in [-0.1, -0.05) is 18.2 Å². The van der Waals surface area contributed by atoms with Gasteiger partial charge in [0.05, 0.1) is 18.3 Å². The number of para-hydroxylation sites is 1. The van der Waals surface area contributed by atoms with Crippen molar-refractivity contribution in [2.75, 3.05) is 7.11 Å². The Hall–Kier alpha value is -3.15. The summed E-state index contributed by atoms with van der Waals surface area (Å²) in [6.07, 6.45) is 3.63. The Labute approximate surface area is 125 Å². The minimum atomic E-state index is -0.545. The summed E-state index contributed by atoms with van der Waals surface area (Å²) < 4.78 is 5.27. The average Bonchev–Trinajstić information content (AvgIpc) is 2.53. The average molecular weight is 295 g/mol. The molecule has 0 aliphatic carbocycles. The van der Waals surface area contributed by atoms with Crippen LogP contribution in [0.2, 0.25) is 0 Å². The van der Waals surface area contributed by atoms with Gasteiger partial charge in [0.25, 0.3) is 5.56 Å². The summed E-state index contributed by atoms with van der Waals surface area (Å²) in [5, 5.41) is 0. The van der Waals surface area contributed by atoms with Crippen LogP contribution in [-0.2, 0) is 0 Å². The van der Waals surface area contributed by atoms with Gasteiger partial charge in [-0.2, -0.15) is 0 Å². The van der Waals surface area contributed by atoms with Crippen LogP contribution in [0, 0.1) is 0 Å². The quantitative estimate of drug-likeness (QED) is 0.771. The molecule has 1 aromatic carbocycles. The number of fused-ring (bicyclic) bond motifs is 1. The second-order valence-corrected chi connectivity index (χ2v) is 4.62. The molecule has 2 aromatic heterocycles. The molecule has 6 nitrogen and oxygen atoms in total. The maximum atomic E-state index is 11.7. The lowest BCUT2D eigenvalue weighted by atomic mass is 10.1. The third-order valence-corrected chi connectivity index (χ3v) is 3.18. The van der Waals surface area contributed by atoms with Crippen molar-refractivity contribution >= 4 is 23.2 Å². The number of rotatable bonds is 3. The summed E-state index contributed by atoms with van der Waals surface area (Å²) in [4.78, 5) is 31.9. The van der Waals surface area contributed by atoms with Crippen LogP contribution in [-0.4, -0.2) is 22.1 Å². The van der Waals surface area contributed by atoms with Gasteiger partial charge >= 0.3 is 5.69 Å². The molecule has 3 aromatic rings. The van der Waals surface area contributed by atoms with Gasteiger partial charge in [0.15, 0.2) is 5.52 Å². The lowest BCUT2D eigenvalue weighted by molar-refractivity contribution is 0.414. The zero-order valence-corrected chi connectivity index (χ0v) is 11.8. The van der Waals surface area contributed by atoms with E-state index in [1.54, 1.807) is 25.3 Å². The molecule has 0 spiro atoms. The topological polar surface area (TPSA) is 87.8 Å². The number of aromatic amines is 2. The molecule has 0 fully saturated rings. The van der Waals surface area contributed by atoms with Crippen LogP contribution in [0.1, 0.15) is 11.3 Å². The molecule has 0 unspecified atom stereocenters. The summed E-state index contributed by atoms with van der Waals surface area (Å²) in [6, 6.07) is 11.0. The van der Waals surface area contributed by atoms with Crippen molar-refractivity contribution in [2.45, 2.75) is 0 Å². The Morgan fingerprint density at radius 1 is 1.05 bits per heavy atom. The lowest BCUT2D eigenvalue weighted by Crippen LogP contribution is -2.22. The van der Waals surface area contributed by atoms with Crippen LogP contribution in [0.25, 0.3) is 23.2 Å². The Balaban J connectivity index is 2.02. The fourth-order valence-electron chi connectivity index (χ4n) is 2.14. The molecular formula is C16H13N3O3. The molecule has 2 N–H and O–H groups in total. The van der Waals surface area contributed by atoms with Gasteiger partial charge in [-0.3, -0.25) is 9.78 Å². The van der Waals surface area contributed by atoms with E-state index >= 15 is 0 Å². The summed E-state index contributed by atoms with van der Waals surface area (Å²) in [6.45, 7) is 0. The van der Waals surface area contributed by atoms with Gasteiger partial charge in [0.1, 0.15) is 5.75 Å². The van der Waals surface area contributed by atoms with Crippen molar-refractivity contribution in [1.82, 2.24) is 15.0 Å². The summed E-state index contributed by atoms with van der Waals surface area (Å²) in [7, 11) is 1.61. The van der Waals surface area contributed by atoms with Crippen LogP contribution in [0.15, 0.2) is 46.0 Å². The molecular weight excluding hydrogens is 282 g/mol. The van der Waals surface area contributed by atoms with Crippen LogP contribution in [0.4, 0.5) is 0 Å². The molecule has 0 saturated carbocycles. The van der Waals surface area contributed by atoms with Gasteiger partial charge in [0.2, 0.25) is 0 Å². The van der Waals surface area contributed by atoms with Gasteiger partial charge < -0.3 is 9.72 Å². The molecule has 0 radical (unpaired) electrons. The Morgan fingerprint density at radius 3 is 2.68 bits per heavy atom. The first-order chi connectivity index (χ1) is 10.7. The first kappa shape index (κ1) is 13.8. The molecule has 3 rings (SSSR count). The summed E-state index contributed by atoms with van der Waals surface area (Å²) in [5.41, 5.74) is 1.06. The van der Waals surface area contributed by atoms with Gasteiger partial charge in [-0.25, -0.2) is 9.78 Å². The second kappa shape index (κ2) is 5.69. The Kier molecular flexibility index (Phi) is 3.57. The highest BCUT2D eigenvalue weighted by Gasteiger charge is 2.03. The number of benzene rings is 1. The Morgan fingerprint density at radius 2 is 1.86 bits per heavy atom. The smallest absolute Gasteiger partial charge is 0.326 e. The van der Waals surface area contributed by atoms with E-state index in [2.05, 4.69) is 15.0 Å². The van der Waals surface area contributed by atoms with E-state index in [1.165, 1.54) is 0 Å². The normalized spacial score (nSPS) is 11.1. The zero-order valence-electron chi connectivity index (χ0n) is 11.8. The fraction of sp³-hybridized carbons (Fsp3) is 0.0625. The van der Waals surface area contributed by atoms with Gasteiger partial charge in [0, 0.05) is 5.56 Å². The maximum Gasteiger partial charge on any atom is 0.326 e. The van der Waals surface area contributed by atoms with E-state index in [4.69, 9.17) is 4.74 Å².